The van der Waals surface area contributed by atoms with Gasteiger partial charge in [-0.2, -0.15) is 0 Å². The number of aryl methyl sites for hydroxylation is 1. The van der Waals surface area contributed by atoms with Crippen LogP contribution in [0.15, 0.2) is 65.3 Å². The third-order valence-corrected chi connectivity index (χ3v) is 7.59. The molecule has 0 fully saturated rings. The van der Waals surface area contributed by atoms with E-state index in [4.69, 9.17) is 0 Å². The number of allylic oxidation sites excluding steroid dienone is 5. The third kappa shape index (κ3) is 3.59. The zero-order valence-electron chi connectivity index (χ0n) is 18.1. The zero-order chi connectivity index (χ0) is 19.8. The largest absolute Gasteiger partial charge is 0.309 e. The van der Waals surface area contributed by atoms with E-state index in [0.29, 0.717) is 23.8 Å². The summed E-state index contributed by atoms with van der Waals surface area (Å²) in [5.41, 5.74) is 9.67. The molecule has 1 heteroatoms. The summed E-state index contributed by atoms with van der Waals surface area (Å²) in [5, 5.41) is 4.05. The van der Waals surface area contributed by atoms with Gasteiger partial charge in [0.2, 0.25) is 0 Å². The molecule has 1 aromatic rings. The van der Waals surface area contributed by atoms with Crippen LogP contribution >= 0.6 is 0 Å². The normalized spacial score (nSPS) is 28.9. The molecule has 0 aromatic heterocycles. The van der Waals surface area contributed by atoms with Crippen molar-refractivity contribution < 1.29 is 0 Å². The Morgan fingerprint density at radius 1 is 1.00 bits per heavy atom. The van der Waals surface area contributed by atoms with Gasteiger partial charge >= 0.3 is 0 Å². The number of nitrogens with one attached hydrogen (secondary N) is 1. The van der Waals surface area contributed by atoms with Crippen LogP contribution in [0.5, 0.6) is 0 Å². The molecule has 1 aliphatic heterocycles. The van der Waals surface area contributed by atoms with Crippen LogP contribution in [-0.2, 0) is 12.8 Å². The monoisotopic (exact) mass is 385 g/mol. The summed E-state index contributed by atoms with van der Waals surface area (Å²) in [6.07, 6.45) is 21.0. The second kappa shape index (κ2) is 8.11. The molecule has 3 atom stereocenters. The van der Waals surface area contributed by atoms with Crippen LogP contribution in [0.25, 0.3) is 0 Å². The van der Waals surface area contributed by atoms with Crippen molar-refractivity contribution in [3.05, 3.63) is 82.0 Å². The molecule has 0 amide bonds. The fourth-order valence-electron chi connectivity index (χ4n) is 6.13. The first-order chi connectivity index (χ1) is 14.2. The second-order valence-corrected chi connectivity index (χ2v) is 9.67. The van der Waals surface area contributed by atoms with Gasteiger partial charge in [-0.1, -0.05) is 73.6 Å². The Morgan fingerprint density at radius 3 is 2.76 bits per heavy atom. The van der Waals surface area contributed by atoms with Crippen molar-refractivity contribution in [2.24, 2.45) is 11.8 Å². The van der Waals surface area contributed by atoms with Crippen molar-refractivity contribution in [3.8, 4) is 0 Å². The van der Waals surface area contributed by atoms with Gasteiger partial charge < -0.3 is 5.32 Å². The molecular weight excluding hydrogens is 350 g/mol. The quantitative estimate of drug-likeness (QED) is 0.592. The van der Waals surface area contributed by atoms with E-state index in [9.17, 15) is 0 Å². The maximum Gasteiger partial charge on any atom is 0.0351 e. The molecule has 29 heavy (non-hydrogen) atoms. The van der Waals surface area contributed by atoms with Crippen LogP contribution in [0.3, 0.4) is 0 Å². The number of fused-ring (bicyclic) bond motifs is 1. The van der Waals surface area contributed by atoms with Crippen molar-refractivity contribution >= 4 is 0 Å². The lowest BCUT2D eigenvalue weighted by atomic mass is 9.71. The second-order valence-electron chi connectivity index (χ2n) is 9.67. The molecule has 1 nitrogen and oxygen atoms in total. The first-order valence-electron chi connectivity index (χ1n) is 11.8. The molecule has 152 valence electrons. The van der Waals surface area contributed by atoms with Crippen molar-refractivity contribution in [3.63, 3.8) is 0 Å². The first-order valence-corrected chi connectivity index (χ1v) is 11.8. The van der Waals surface area contributed by atoms with Gasteiger partial charge in [0.15, 0.2) is 0 Å². The van der Waals surface area contributed by atoms with Crippen LogP contribution in [-0.4, -0.2) is 12.6 Å². The van der Waals surface area contributed by atoms with Gasteiger partial charge in [-0.25, -0.2) is 0 Å². The predicted molar refractivity (Wildman–Crippen MR) is 123 cm³/mol. The molecule has 3 unspecified atom stereocenters. The first kappa shape index (κ1) is 19.1. The van der Waals surface area contributed by atoms with E-state index < -0.39 is 0 Å². The summed E-state index contributed by atoms with van der Waals surface area (Å²) in [4.78, 5) is 0. The Kier molecular flexibility index (Phi) is 5.35. The molecule has 0 saturated carbocycles. The van der Waals surface area contributed by atoms with E-state index in [-0.39, 0.29) is 0 Å². The molecule has 1 aromatic carbocycles. The SMILES string of the molecule is CC(C)C1=CC(c2cccc3c2CCCC3)CNC1C1CC=CC2=C1CCC=C2. The van der Waals surface area contributed by atoms with Crippen LogP contribution in [0.1, 0.15) is 68.6 Å². The Hall–Kier alpha value is -1.86. The molecule has 1 heterocycles. The lowest BCUT2D eigenvalue weighted by Gasteiger charge is -2.40. The van der Waals surface area contributed by atoms with Crippen LogP contribution < -0.4 is 5.32 Å². The molecule has 4 aliphatic rings. The Morgan fingerprint density at radius 2 is 1.86 bits per heavy atom. The van der Waals surface area contributed by atoms with Gasteiger partial charge in [-0.15, -0.1) is 0 Å². The standard InChI is InChI=1S/C28H35N/c1-19(2)27-17-22(25-15-7-11-20-9-3-5-13-23(20)25)18-29-28(27)26-16-8-12-21-10-4-6-14-24(21)26/h4,7-8,10-12,15,17,19,22,26,28-29H,3,5-6,9,13-14,16,18H2,1-2H3. The summed E-state index contributed by atoms with van der Waals surface area (Å²) < 4.78 is 0. The van der Waals surface area contributed by atoms with Gasteiger partial charge in [-0.05, 0) is 73.1 Å². The maximum absolute atomic E-state index is 4.05. The van der Waals surface area contributed by atoms with Gasteiger partial charge in [0.25, 0.3) is 0 Å². The number of benzene rings is 1. The highest BCUT2D eigenvalue weighted by Crippen LogP contribution is 2.41. The Bertz CT molecular complexity index is 891. The highest BCUT2D eigenvalue weighted by molar-refractivity contribution is 5.46. The third-order valence-electron chi connectivity index (χ3n) is 7.59. The number of rotatable bonds is 3. The summed E-state index contributed by atoms with van der Waals surface area (Å²) in [6, 6.07) is 7.56. The fraction of sp³-hybridized carbons (Fsp3) is 0.500. The minimum absolute atomic E-state index is 0.493. The molecule has 0 bridgehead atoms. The minimum Gasteiger partial charge on any atom is -0.309 e. The smallest absolute Gasteiger partial charge is 0.0351 e. The lowest BCUT2D eigenvalue weighted by Crippen LogP contribution is -2.45. The van der Waals surface area contributed by atoms with Gasteiger partial charge in [0.05, 0.1) is 0 Å². The average Bonchev–Trinajstić information content (AvgIpc) is 2.78. The van der Waals surface area contributed by atoms with E-state index in [0.717, 1.165) is 6.54 Å². The Balaban J connectivity index is 1.48. The number of hydrogen-bond acceptors (Lipinski definition) is 1. The maximum atomic E-state index is 4.05. The highest BCUT2D eigenvalue weighted by atomic mass is 14.9. The number of hydrogen-bond donors (Lipinski definition) is 1. The van der Waals surface area contributed by atoms with E-state index in [2.05, 4.69) is 67.7 Å². The van der Waals surface area contributed by atoms with E-state index in [1.54, 1.807) is 27.8 Å². The van der Waals surface area contributed by atoms with Crippen LogP contribution in [0, 0.1) is 11.8 Å². The summed E-state index contributed by atoms with van der Waals surface area (Å²) in [5.74, 6) is 1.73. The minimum atomic E-state index is 0.493. The lowest BCUT2D eigenvalue weighted by molar-refractivity contribution is 0.379. The summed E-state index contributed by atoms with van der Waals surface area (Å²) in [7, 11) is 0. The van der Waals surface area contributed by atoms with Crippen LogP contribution in [0.4, 0.5) is 0 Å². The van der Waals surface area contributed by atoms with Gasteiger partial charge in [0, 0.05) is 24.4 Å². The van der Waals surface area contributed by atoms with E-state index in [1.807, 2.05) is 0 Å². The Labute approximate surface area is 176 Å². The highest BCUT2D eigenvalue weighted by Gasteiger charge is 2.35. The van der Waals surface area contributed by atoms with Crippen molar-refractivity contribution in [2.75, 3.05) is 6.54 Å². The van der Waals surface area contributed by atoms with Crippen molar-refractivity contribution in [2.45, 2.75) is 70.8 Å². The van der Waals surface area contributed by atoms with Gasteiger partial charge in [0.1, 0.15) is 0 Å². The summed E-state index contributed by atoms with van der Waals surface area (Å²) in [6.45, 7) is 5.85. The van der Waals surface area contributed by atoms with Crippen molar-refractivity contribution in [1.29, 1.82) is 0 Å². The molecule has 5 rings (SSSR count). The molecule has 0 saturated heterocycles. The van der Waals surface area contributed by atoms with Crippen molar-refractivity contribution in [1.82, 2.24) is 5.32 Å². The van der Waals surface area contributed by atoms with Gasteiger partial charge in [-0.3, -0.25) is 0 Å². The molecule has 1 N–H and O–H groups in total. The molecule has 0 radical (unpaired) electrons. The predicted octanol–water partition coefficient (Wildman–Crippen LogP) is 6.43. The average molecular weight is 386 g/mol. The zero-order valence-corrected chi connectivity index (χ0v) is 18.1. The summed E-state index contributed by atoms with van der Waals surface area (Å²) >= 11 is 0. The van der Waals surface area contributed by atoms with E-state index in [1.165, 1.54) is 50.5 Å². The molecular formula is C28H35N. The topological polar surface area (TPSA) is 12.0 Å². The van der Waals surface area contributed by atoms with E-state index >= 15 is 0 Å². The molecule has 0 spiro atoms. The van der Waals surface area contributed by atoms with Crippen LogP contribution in [0.2, 0.25) is 0 Å². The fourth-order valence-corrected chi connectivity index (χ4v) is 6.13. The molecule has 3 aliphatic carbocycles.